The third-order valence-corrected chi connectivity index (χ3v) is 4.31. The van der Waals surface area contributed by atoms with Gasteiger partial charge in [-0.3, -0.25) is 0 Å². The number of imidazole rings is 1. The van der Waals surface area contributed by atoms with Crippen molar-refractivity contribution >= 4 is 27.0 Å². The molecule has 0 bridgehead atoms. The molecule has 0 aliphatic carbocycles. The molecule has 102 valence electrons. The van der Waals surface area contributed by atoms with Crippen molar-refractivity contribution in [1.29, 1.82) is 0 Å². The number of benzene rings is 2. The fourth-order valence-electron chi connectivity index (χ4n) is 1.90. The van der Waals surface area contributed by atoms with E-state index in [0.717, 1.165) is 11.1 Å². The van der Waals surface area contributed by atoms with Crippen LogP contribution in [0.5, 0.6) is 0 Å². The second-order valence-electron chi connectivity index (χ2n) is 4.52. The number of aryl methyl sites for hydroxylation is 1. The Labute approximate surface area is 116 Å². The molecule has 0 radical (unpaired) electrons. The van der Waals surface area contributed by atoms with E-state index in [1.54, 1.807) is 24.3 Å². The quantitative estimate of drug-likeness (QED) is 0.777. The largest absolute Gasteiger partial charge is 0.323 e. The fraction of sp³-hybridized carbons (Fsp3) is 0.0714. The van der Waals surface area contributed by atoms with Crippen molar-refractivity contribution in [3.8, 4) is 0 Å². The molecule has 0 unspecified atom stereocenters. The topological polar surface area (TPSA) is 74.8 Å². The Hall–Kier alpha value is -2.34. The summed E-state index contributed by atoms with van der Waals surface area (Å²) < 4.78 is 26.9. The predicted octanol–water partition coefficient (Wildman–Crippen LogP) is 2.67. The lowest BCUT2D eigenvalue weighted by atomic mass is 10.2. The molecule has 20 heavy (non-hydrogen) atoms. The van der Waals surface area contributed by atoms with E-state index in [0.29, 0.717) is 5.52 Å². The van der Waals surface area contributed by atoms with Crippen LogP contribution in [0.4, 0.5) is 5.95 Å². The summed E-state index contributed by atoms with van der Waals surface area (Å²) in [5, 5.41) is 0. The molecular weight excluding hydrogens is 274 g/mol. The summed E-state index contributed by atoms with van der Waals surface area (Å²) >= 11 is 0. The molecule has 0 aliphatic heterocycles. The molecule has 1 heterocycles. The molecule has 1 aromatic heterocycles. The van der Waals surface area contributed by atoms with Crippen molar-refractivity contribution in [2.24, 2.45) is 0 Å². The first-order valence-electron chi connectivity index (χ1n) is 6.09. The van der Waals surface area contributed by atoms with E-state index in [2.05, 4.69) is 14.7 Å². The number of nitrogens with zero attached hydrogens (tertiary/aromatic N) is 1. The van der Waals surface area contributed by atoms with Crippen molar-refractivity contribution in [2.75, 3.05) is 4.72 Å². The second-order valence-corrected chi connectivity index (χ2v) is 6.20. The van der Waals surface area contributed by atoms with Gasteiger partial charge in [-0.15, -0.1) is 0 Å². The summed E-state index contributed by atoms with van der Waals surface area (Å²) in [5.41, 5.74) is 2.51. The van der Waals surface area contributed by atoms with Crippen LogP contribution < -0.4 is 4.72 Å². The molecule has 3 rings (SSSR count). The van der Waals surface area contributed by atoms with Crippen molar-refractivity contribution in [3.63, 3.8) is 0 Å². The molecule has 2 aromatic carbocycles. The predicted molar refractivity (Wildman–Crippen MR) is 78.1 cm³/mol. The van der Waals surface area contributed by atoms with Crippen LogP contribution in [0, 0.1) is 6.92 Å². The zero-order chi connectivity index (χ0) is 14.2. The third kappa shape index (κ3) is 2.37. The van der Waals surface area contributed by atoms with Gasteiger partial charge >= 0.3 is 0 Å². The van der Waals surface area contributed by atoms with Crippen LogP contribution in [0.1, 0.15) is 5.56 Å². The zero-order valence-electron chi connectivity index (χ0n) is 10.8. The summed E-state index contributed by atoms with van der Waals surface area (Å²) in [4.78, 5) is 7.34. The molecule has 3 aromatic rings. The Bertz CT molecular complexity index is 819. The highest BCUT2D eigenvalue weighted by Crippen LogP contribution is 2.17. The molecule has 0 aliphatic rings. The lowest BCUT2D eigenvalue weighted by Crippen LogP contribution is -2.13. The van der Waals surface area contributed by atoms with Gasteiger partial charge in [0.2, 0.25) is 5.95 Å². The van der Waals surface area contributed by atoms with Gasteiger partial charge in [0.05, 0.1) is 15.9 Å². The molecule has 2 N–H and O–H groups in total. The average Bonchev–Trinajstić information content (AvgIpc) is 2.80. The van der Waals surface area contributed by atoms with Crippen LogP contribution in [0.25, 0.3) is 11.0 Å². The zero-order valence-corrected chi connectivity index (χ0v) is 11.6. The van der Waals surface area contributed by atoms with Crippen LogP contribution in [-0.4, -0.2) is 18.4 Å². The van der Waals surface area contributed by atoms with Gasteiger partial charge < -0.3 is 4.98 Å². The maximum atomic E-state index is 12.2. The highest BCUT2D eigenvalue weighted by molar-refractivity contribution is 7.92. The van der Waals surface area contributed by atoms with Crippen molar-refractivity contribution in [3.05, 3.63) is 54.1 Å². The minimum absolute atomic E-state index is 0.212. The van der Waals surface area contributed by atoms with E-state index in [9.17, 15) is 8.42 Å². The summed E-state index contributed by atoms with van der Waals surface area (Å²) in [6.45, 7) is 1.91. The van der Waals surface area contributed by atoms with Crippen molar-refractivity contribution in [1.82, 2.24) is 9.97 Å². The van der Waals surface area contributed by atoms with E-state index in [1.165, 1.54) is 0 Å². The lowest BCUT2D eigenvalue weighted by molar-refractivity contribution is 0.601. The van der Waals surface area contributed by atoms with Gasteiger partial charge in [0.15, 0.2) is 0 Å². The van der Waals surface area contributed by atoms with Gasteiger partial charge in [-0.25, -0.2) is 18.1 Å². The number of para-hydroxylation sites is 2. The van der Waals surface area contributed by atoms with E-state index in [4.69, 9.17) is 0 Å². The number of rotatable bonds is 3. The molecule has 0 saturated carbocycles. The summed E-state index contributed by atoms with van der Waals surface area (Å²) in [6.07, 6.45) is 0. The first-order valence-corrected chi connectivity index (χ1v) is 7.57. The van der Waals surface area contributed by atoms with E-state index >= 15 is 0 Å². The Balaban J connectivity index is 1.94. The molecule has 0 spiro atoms. The number of fused-ring (bicyclic) bond motifs is 1. The number of aromatic nitrogens is 2. The molecule has 0 fully saturated rings. The lowest BCUT2D eigenvalue weighted by Gasteiger charge is -2.05. The monoisotopic (exact) mass is 287 g/mol. The van der Waals surface area contributed by atoms with Gasteiger partial charge in [-0.1, -0.05) is 29.8 Å². The van der Waals surface area contributed by atoms with Crippen molar-refractivity contribution in [2.45, 2.75) is 11.8 Å². The Morgan fingerprint density at radius 1 is 1.05 bits per heavy atom. The number of anilines is 1. The number of nitrogens with one attached hydrogen (secondary N) is 2. The normalized spacial score (nSPS) is 11.7. The molecule has 5 nitrogen and oxygen atoms in total. The number of H-pyrrole nitrogens is 1. The van der Waals surface area contributed by atoms with Crippen LogP contribution >= 0.6 is 0 Å². The van der Waals surface area contributed by atoms with E-state index in [1.807, 2.05) is 31.2 Å². The molecular formula is C14H13N3O2S. The molecule has 0 atom stereocenters. The number of hydrogen-bond donors (Lipinski definition) is 2. The standard InChI is InChI=1S/C14H13N3O2S/c1-10-6-8-11(9-7-10)20(18,19)17-14-15-12-4-2-3-5-13(12)16-14/h2-9H,1H3,(H2,15,16,17). The van der Waals surface area contributed by atoms with Crippen LogP contribution in [0.15, 0.2) is 53.4 Å². The second kappa shape index (κ2) is 4.64. The maximum absolute atomic E-state index is 12.2. The third-order valence-electron chi connectivity index (χ3n) is 2.95. The van der Waals surface area contributed by atoms with Crippen LogP contribution in [0.3, 0.4) is 0 Å². The minimum atomic E-state index is -3.62. The highest BCUT2D eigenvalue weighted by Gasteiger charge is 2.15. The molecule has 6 heteroatoms. The Morgan fingerprint density at radius 3 is 2.45 bits per heavy atom. The number of sulfonamides is 1. The van der Waals surface area contributed by atoms with E-state index in [-0.39, 0.29) is 10.8 Å². The average molecular weight is 287 g/mol. The Kier molecular flexibility index (Phi) is 2.94. The van der Waals surface area contributed by atoms with E-state index < -0.39 is 10.0 Å². The minimum Gasteiger partial charge on any atom is -0.323 e. The van der Waals surface area contributed by atoms with Crippen molar-refractivity contribution < 1.29 is 8.42 Å². The maximum Gasteiger partial charge on any atom is 0.264 e. The smallest absolute Gasteiger partial charge is 0.264 e. The molecule has 0 amide bonds. The fourth-order valence-corrected chi connectivity index (χ4v) is 2.87. The SMILES string of the molecule is Cc1ccc(S(=O)(=O)Nc2nc3ccccc3[nH]2)cc1. The van der Waals surface area contributed by atoms with Gasteiger partial charge in [0.25, 0.3) is 10.0 Å². The molecule has 0 saturated heterocycles. The summed E-state index contributed by atoms with van der Waals surface area (Å²) in [5.74, 6) is 0.215. The van der Waals surface area contributed by atoms with Gasteiger partial charge in [0.1, 0.15) is 0 Å². The number of hydrogen-bond acceptors (Lipinski definition) is 3. The van der Waals surface area contributed by atoms with Gasteiger partial charge in [-0.05, 0) is 31.2 Å². The van der Waals surface area contributed by atoms with Crippen LogP contribution in [0.2, 0.25) is 0 Å². The first kappa shape index (κ1) is 12.7. The van der Waals surface area contributed by atoms with Gasteiger partial charge in [0, 0.05) is 0 Å². The summed E-state index contributed by atoms with van der Waals surface area (Å²) in [7, 11) is -3.62. The van der Waals surface area contributed by atoms with Gasteiger partial charge in [-0.2, -0.15) is 0 Å². The number of aromatic amines is 1. The Morgan fingerprint density at radius 2 is 1.75 bits per heavy atom. The highest BCUT2D eigenvalue weighted by atomic mass is 32.2. The summed E-state index contributed by atoms with van der Waals surface area (Å²) in [6, 6.07) is 14.0. The van der Waals surface area contributed by atoms with Crippen LogP contribution in [-0.2, 0) is 10.0 Å². The first-order chi connectivity index (χ1) is 9.54.